The Kier molecular flexibility index (Phi) is 6.69. The van der Waals surface area contributed by atoms with Crippen molar-refractivity contribution in [3.8, 4) is 5.75 Å². The molecule has 0 saturated carbocycles. The molecule has 0 fully saturated rings. The summed E-state index contributed by atoms with van der Waals surface area (Å²) in [4.78, 5) is 24.5. The third-order valence-corrected chi connectivity index (χ3v) is 3.35. The average molecular weight is 307 g/mol. The first-order valence-electron chi connectivity index (χ1n) is 7.24. The number of benzene rings is 1. The number of rotatable bonds is 6. The first-order chi connectivity index (χ1) is 10.3. The van der Waals surface area contributed by atoms with E-state index >= 15 is 0 Å². The third-order valence-electron chi connectivity index (χ3n) is 3.35. The molecular formula is C16H25N3O3. The minimum absolute atomic E-state index is 0.0350. The fourth-order valence-corrected chi connectivity index (χ4v) is 1.87. The molecule has 2 N–H and O–H groups in total. The molecule has 1 aromatic carbocycles. The summed E-state index contributed by atoms with van der Waals surface area (Å²) in [6, 6.07) is 3.83. The fourth-order valence-electron chi connectivity index (χ4n) is 1.87. The van der Waals surface area contributed by atoms with Crippen LogP contribution in [0.1, 0.15) is 16.7 Å². The number of amides is 3. The van der Waals surface area contributed by atoms with E-state index in [1.807, 2.05) is 32.9 Å². The molecule has 0 radical (unpaired) electrons. The molecule has 22 heavy (non-hydrogen) atoms. The highest BCUT2D eigenvalue weighted by Gasteiger charge is 2.09. The SMILES string of the molecule is Cc1ccc(C)c(OCC(=O)NCCNC(=O)N(C)C)c1C. The number of hydrogen-bond donors (Lipinski definition) is 2. The summed E-state index contributed by atoms with van der Waals surface area (Å²) in [5, 5.41) is 5.37. The number of aryl methyl sites for hydroxylation is 2. The minimum atomic E-state index is -0.209. The van der Waals surface area contributed by atoms with Gasteiger partial charge in [0.2, 0.25) is 0 Å². The molecule has 0 aliphatic carbocycles. The van der Waals surface area contributed by atoms with Gasteiger partial charge in [0.15, 0.2) is 6.61 Å². The van der Waals surface area contributed by atoms with Crippen LogP contribution in [-0.4, -0.2) is 50.6 Å². The fraction of sp³-hybridized carbons (Fsp3) is 0.500. The maximum atomic E-state index is 11.7. The van der Waals surface area contributed by atoms with Crippen LogP contribution in [0.25, 0.3) is 0 Å². The minimum Gasteiger partial charge on any atom is -0.483 e. The molecule has 0 aliphatic rings. The predicted molar refractivity (Wildman–Crippen MR) is 86.2 cm³/mol. The van der Waals surface area contributed by atoms with Gasteiger partial charge in [-0.3, -0.25) is 4.79 Å². The number of nitrogens with one attached hydrogen (secondary N) is 2. The van der Waals surface area contributed by atoms with Crippen molar-refractivity contribution in [2.45, 2.75) is 20.8 Å². The largest absolute Gasteiger partial charge is 0.483 e. The Balaban J connectivity index is 2.35. The van der Waals surface area contributed by atoms with Crippen LogP contribution in [0.5, 0.6) is 5.75 Å². The lowest BCUT2D eigenvalue weighted by molar-refractivity contribution is -0.123. The Labute approximate surface area is 131 Å². The lowest BCUT2D eigenvalue weighted by Crippen LogP contribution is -2.40. The molecule has 0 unspecified atom stereocenters. The van der Waals surface area contributed by atoms with Gasteiger partial charge in [-0.15, -0.1) is 0 Å². The zero-order valence-electron chi connectivity index (χ0n) is 13.9. The number of carbonyl (C=O) groups excluding carboxylic acids is 2. The van der Waals surface area contributed by atoms with Crippen LogP contribution in [0, 0.1) is 20.8 Å². The smallest absolute Gasteiger partial charge is 0.316 e. The van der Waals surface area contributed by atoms with Gasteiger partial charge in [-0.25, -0.2) is 4.79 Å². The highest BCUT2D eigenvalue weighted by atomic mass is 16.5. The van der Waals surface area contributed by atoms with Gasteiger partial charge in [0, 0.05) is 27.2 Å². The maximum Gasteiger partial charge on any atom is 0.316 e. The summed E-state index contributed by atoms with van der Waals surface area (Å²) in [6.07, 6.45) is 0. The summed E-state index contributed by atoms with van der Waals surface area (Å²) in [5.74, 6) is 0.551. The van der Waals surface area contributed by atoms with Crippen molar-refractivity contribution in [3.63, 3.8) is 0 Å². The zero-order valence-corrected chi connectivity index (χ0v) is 13.9. The molecule has 122 valence electrons. The summed E-state index contributed by atoms with van der Waals surface area (Å²) in [5.41, 5.74) is 3.19. The molecule has 1 rings (SSSR count). The van der Waals surface area contributed by atoms with E-state index in [9.17, 15) is 9.59 Å². The Morgan fingerprint density at radius 1 is 1.05 bits per heavy atom. The number of urea groups is 1. The molecule has 0 spiro atoms. The second kappa shape index (κ2) is 8.26. The second-order valence-corrected chi connectivity index (χ2v) is 5.42. The van der Waals surface area contributed by atoms with Crippen molar-refractivity contribution in [2.24, 2.45) is 0 Å². The van der Waals surface area contributed by atoms with Crippen molar-refractivity contribution >= 4 is 11.9 Å². The van der Waals surface area contributed by atoms with Crippen LogP contribution in [0.3, 0.4) is 0 Å². The molecular weight excluding hydrogens is 282 g/mol. The summed E-state index contributed by atoms with van der Waals surface area (Å²) in [6.45, 7) is 6.66. The topological polar surface area (TPSA) is 70.7 Å². The molecule has 0 aromatic heterocycles. The van der Waals surface area contributed by atoms with Crippen molar-refractivity contribution in [2.75, 3.05) is 33.8 Å². The highest BCUT2D eigenvalue weighted by Crippen LogP contribution is 2.25. The van der Waals surface area contributed by atoms with Crippen molar-refractivity contribution in [3.05, 3.63) is 28.8 Å². The number of ether oxygens (including phenoxy) is 1. The van der Waals surface area contributed by atoms with Crippen molar-refractivity contribution in [1.29, 1.82) is 0 Å². The van der Waals surface area contributed by atoms with Crippen LogP contribution in [0.4, 0.5) is 4.79 Å². The maximum absolute atomic E-state index is 11.7. The number of nitrogens with zero attached hydrogens (tertiary/aromatic N) is 1. The zero-order chi connectivity index (χ0) is 16.7. The highest BCUT2D eigenvalue weighted by molar-refractivity contribution is 5.78. The molecule has 1 aromatic rings. The Morgan fingerprint density at radius 2 is 1.64 bits per heavy atom. The lowest BCUT2D eigenvalue weighted by Gasteiger charge is -2.14. The van der Waals surface area contributed by atoms with Crippen molar-refractivity contribution in [1.82, 2.24) is 15.5 Å². The van der Waals surface area contributed by atoms with Crippen LogP contribution >= 0.6 is 0 Å². The summed E-state index contributed by atoms with van der Waals surface area (Å²) < 4.78 is 5.62. The summed E-state index contributed by atoms with van der Waals surface area (Å²) in [7, 11) is 3.32. The van der Waals surface area contributed by atoms with Gasteiger partial charge in [0.05, 0.1) is 0 Å². The van der Waals surface area contributed by atoms with Gasteiger partial charge in [-0.05, 0) is 37.5 Å². The quantitative estimate of drug-likeness (QED) is 0.780. The number of hydrogen-bond acceptors (Lipinski definition) is 3. The van der Waals surface area contributed by atoms with Gasteiger partial charge in [-0.2, -0.15) is 0 Å². The van der Waals surface area contributed by atoms with Crippen LogP contribution < -0.4 is 15.4 Å². The second-order valence-electron chi connectivity index (χ2n) is 5.42. The molecule has 0 aliphatic heterocycles. The number of carbonyl (C=O) groups is 2. The first-order valence-corrected chi connectivity index (χ1v) is 7.24. The van der Waals surface area contributed by atoms with E-state index in [0.717, 1.165) is 22.4 Å². The van der Waals surface area contributed by atoms with Gasteiger partial charge in [-0.1, -0.05) is 12.1 Å². The molecule has 3 amide bonds. The van der Waals surface area contributed by atoms with Gasteiger partial charge < -0.3 is 20.3 Å². The van der Waals surface area contributed by atoms with E-state index in [4.69, 9.17) is 4.74 Å². The van der Waals surface area contributed by atoms with E-state index in [0.29, 0.717) is 13.1 Å². The van der Waals surface area contributed by atoms with Crippen LogP contribution in [0.2, 0.25) is 0 Å². The van der Waals surface area contributed by atoms with Gasteiger partial charge >= 0.3 is 6.03 Å². The lowest BCUT2D eigenvalue weighted by atomic mass is 10.1. The molecule has 0 heterocycles. The molecule has 6 nitrogen and oxygen atoms in total. The van der Waals surface area contributed by atoms with E-state index in [1.165, 1.54) is 4.90 Å². The van der Waals surface area contributed by atoms with E-state index in [2.05, 4.69) is 10.6 Å². The predicted octanol–water partition coefficient (Wildman–Crippen LogP) is 1.38. The van der Waals surface area contributed by atoms with E-state index < -0.39 is 0 Å². The summed E-state index contributed by atoms with van der Waals surface area (Å²) >= 11 is 0. The Morgan fingerprint density at radius 3 is 2.27 bits per heavy atom. The molecule has 6 heteroatoms. The van der Waals surface area contributed by atoms with Crippen LogP contribution in [0.15, 0.2) is 12.1 Å². The third kappa shape index (κ3) is 5.27. The molecule has 0 atom stereocenters. The molecule has 0 saturated heterocycles. The van der Waals surface area contributed by atoms with E-state index in [-0.39, 0.29) is 18.5 Å². The van der Waals surface area contributed by atoms with Crippen molar-refractivity contribution < 1.29 is 14.3 Å². The van der Waals surface area contributed by atoms with E-state index in [1.54, 1.807) is 14.1 Å². The van der Waals surface area contributed by atoms with Crippen LogP contribution in [-0.2, 0) is 4.79 Å². The standard InChI is InChI=1S/C16H25N3O3/c1-11-6-7-12(2)15(13(11)3)22-10-14(20)17-8-9-18-16(21)19(4)5/h6-7H,8-10H2,1-5H3,(H,17,20)(H,18,21). The Bertz CT molecular complexity index is 542. The monoisotopic (exact) mass is 307 g/mol. The Hall–Kier alpha value is -2.24. The first kappa shape index (κ1) is 17.8. The molecule has 0 bridgehead atoms. The average Bonchev–Trinajstić information content (AvgIpc) is 2.47. The van der Waals surface area contributed by atoms with Gasteiger partial charge in [0.1, 0.15) is 5.75 Å². The normalized spacial score (nSPS) is 10.0. The van der Waals surface area contributed by atoms with Gasteiger partial charge in [0.25, 0.3) is 5.91 Å².